The van der Waals surface area contributed by atoms with Crippen LogP contribution in [0.2, 0.25) is 36.3 Å². The molecule has 0 saturated carbocycles. The van der Waals surface area contributed by atoms with E-state index in [0.717, 1.165) is 0 Å². The summed E-state index contributed by atoms with van der Waals surface area (Å²) in [6.45, 7) is 11.8. The second-order valence-electron chi connectivity index (χ2n) is 17.7. The van der Waals surface area contributed by atoms with Crippen LogP contribution >= 0.6 is 13.4 Å². The molecule has 3 aliphatic rings. The van der Waals surface area contributed by atoms with E-state index in [2.05, 4.69) is 97.6 Å². The Morgan fingerprint density at radius 3 is 1.60 bits per heavy atom. The summed E-state index contributed by atoms with van der Waals surface area (Å²) < 4.78 is 55.8. The van der Waals surface area contributed by atoms with E-state index in [0.29, 0.717) is 22.3 Å². The highest BCUT2D eigenvalue weighted by Gasteiger charge is 2.57. The van der Waals surface area contributed by atoms with E-state index in [-0.39, 0.29) is 34.9 Å². The zero-order valence-electron chi connectivity index (χ0n) is 33.9. The fraction of sp³-hybridized carbons (Fsp3) is 0.688. The van der Waals surface area contributed by atoms with Crippen LogP contribution in [-0.4, -0.2) is 115 Å². The Bertz CT molecular complexity index is 2280. The van der Waals surface area contributed by atoms with Gasteiger partial charge >= 0.3 is 13.4 Å². The molecule has 2 unspecified atom stereocenters. The number of nitrogen functional groups attached to an aromatic ring is 2. The first-order valence-electron chi connectivity index (χ1n) is 18.6. The average Bonchev–Trinajstić information content (AvgIpc) is 3.87. The molecule has 4 aromatic heterocycles. The number of ether oxygens (including phenoxy) is 2. The Labute approximate surface area is 348 Å². The van der Waals surface area contributed by atoms with Crippen LogP contribution in [0.15, 0.2) is 25.3 Å². The van der Waals surface area contributed by atoms with Gasteiger partial charge in [0.15, 0.2) is 52.0 Å². The van der Waals surface area contributed by atoms with Gasteiger partial charge < -0.3 is 48.6 Å². The first kappa shape index (κ1) is 44.1. The van der Waals surface area contributed by atoms with Gasteiger partial charge in [-0.1, -0.05) is 41.5 Å². The predicted molar refractivity (Wildman–Crippen MR) is 226 cm³/mol. The maximum atomic E-state index is 12.0. The van der Waals surface area contributed by atoms with Crippen molar-refractivity contribution in [2.75, 3.05) is 24.7 Å². The lowest BCUT2D eigenvalue weighted by Gasteiger charge is -2.41. The molecule has 58 heavy (non-hydrogen) atoms. The zero-order chi connectivity index (χ0) is 42.4. The molecule has 3 fully saturated rings. The van der Waals surface area contributed by atoms with Gasteiger partial charge in [0, 0.05) is 0 Å². The van der Waals surface area contributed by atoms with Gasteiger partial charge in [0.05, 0.1) is 25.9 Å². The van der Waals surface area contributed by atoms with Gasteiger partial charge in [0.2, 0.25) is 0 Å². The smallest absolute Gasteiger partial charge is 0.325 e. The molecule has 10 atom stereocenters. The van der Waals surface area contributed by atoms with Crippen LogP contribution in [0, 0.1) is 0 Å². The van der Waals surface area contributed by atoms with Gasteiger partial charge in [-0.15, -0.1) is 0 Å². The quantitative estimate of drug-likeness (QED) is 0.152. The van der Waals surface area contributed by atoms with Crippen molar-refractivity contribution in [2.45, 2.75) is 127 Å². The average molecular weight is 919 g/mol. The number of hydrogen-bond donors (Lipinski definition) is 4. The van der Waals surface area contributed by atoms with Crippen molar-refractivity contribution in [2.24, 2.45) is 0 Å². The SMILES string of the molecule is CC(C)(C)[Si](C)(C)O[C@@H]1[C@@H]2OP(O)(=S)OC[C@H]3O[C@@H](n4cnc5c(N)ncnc54)[C@H](OP(O)(=S)OC[C@H]2O[C@H]1n1cnc2c(N)ncnc21)[C@@H]3O[Si](C)(C)C(C)(C)C. The summed E-state index contributed by atoms with van der Waals surface area (Å²) in [5.74, 6) is 0.331. The number of nitrogens with two attached hydrogens (primary N) is 2. The number of imidazole rings is 2. The summed E-state index contributed by atoms with van der Waals surface area (Å²) in [5.41, 5.74) is 13.7. The molecule has 7 heterocycles. The van der Waals surface area contributed by atoms with Crippen molar-refractivity contribution in [3.05, 3.63) is 25.3 Å². The van der Waals surface area contributed by atoms with Crippen molar-refractivity contribution >= 4 is 87.6 Å². The molecule has 7 rings (SSSR count). The van der Waals surface area contributed by atoms with Gasteiger partial charge in [-0.2, -0.15) is 0 Å². The monoisotopic (exact) mass is 918 g/mol. The molecule has 20 nitrogen and oxygen atoms in total. The van der Waals surface area contributed by atoms with Crippen LogP contribution in [0.3, 0.4) is 0 Å². The van der Waals surface area contributed by atoms with E-state index < -0.39 is 79.2 Å². The molecular formula is C32H52N10O10P2S2Si2. The van der Waals surface area contributed by atoms with Gasteiger partial charge in [-0.05, 0) is 59.9 Å². The van der Waals surface area contributed by atoms with E-state index >= 15 is 0 Å². The Morgan fingerprint density at radius 2 is 1.10 bits per heavy atom. The maximum absolute atomic E-state index is 12.0. The minimum Gasteiger partial charge on any atom is -0.408 e. The number of anilines is 2. The summed E-state index contributed by atoms with van der Waals surface area (Å²) in [5, 5.41) is -0.527. The third-order valence-corrected chi connectivity index (χ3v) is 23.7. The second-order valence-corrected chi connectivity index (χ2v) is 32.7. The molecule has 0 amide bonds. The van der Waals surface area contributed by atoms with Crippen LogP contribution in [0.4, 0.5) is 11.6 Å². The second kappa shape index (κ2) is 15.4. The highest BCUT2D eigenvalue weighted by molar-refractivity contribution is 8.07. The molecule has 26 heteroatoms. The van der Waals surface area contributed by atoms with Crippen molar-refractivity contribution in [1.29, 1.82) is 0 Å². The molecule has 3 saturated heterocycles. The molecule has 320 valence electrons. The molecule has 6 N–H and O–H groups in total. The Morgan fingerprint density at radius 1 is 0.672 bits per heavy atom. The van der Waals surface area contributed by atoms with E-state index in [4.69, 9.17) is 71.5 Å². The summed E-state index contributed by atoms with van der Waals surface area (Å²) in [4.78, 5) is 49.7. The van der Waals surface area contributed by atoms with Crippen molar-refractivity contribution in [1.82, 2.24) is 39.0 Å². The van der Waals surface area contributed by atoms with Gasteiger partial charge in [-0.25, -0.2) is 29.9 Å². The third kappa shape index (κ3) is 8.46. The van der Waals surface area contributed by atoms with E-state index in [9.17, 15) is 9.79 Å². The highest BCUT2D eigenvalue weighted by Crippen LogP contribution is 2.56. The topological polar surface area (TPSA) is 254 Å². The molecule has 3 aliphatic heterocycles. The minimum absolute atomic E-state index is 0.156. The van der Waals surface area contributed by atoms with Crippen molar-refractivity contribution in [3.8, 4) is 0 Å². The lowest BCUT2D eigenvalue weighted by atomic mass is 10.1. The first-order valence-corrected chi connectivity index (χ1v) is 29.6. The van der Waals surface area contributed by atoms with E-state index in [1.807, 2.05) is 0 Å². The van der Waals surface area contributed by atoms with Gasteiger partial charge in [-0.3, -0.25) is 18.2 Å². The number of fused-ring (bicyclic) bond motifs is 5. The summed E-state index contributed by atoms with van der Waals surface area (Å²) in [6.07, 6.45) is -2.46. The number of nitrogens with zero attached hydrogens (tertiary/aromatic N) is 8. The molecule has 4 aromatic rings. The van der Waals surface area contributed by atoms with Crippen LogP contribution in [-0.2, 0) is 60.0 Å². The molecule has 0 spiro atoms. The van der Waals surface area contributed by atoms with E-state index in [1.165, 1.54) is 25.3 Å². The van der Waals surface area contributed by atoms with Crippen molar-refractivity contribution < 1.29 is 46.2 Å². The number of aromatic nitrogens is 8. The molecular weight excluding hydrogens is 867 g/mol. The molecule has 0 aromatic carbocycles. The normalized spacial score (nSPS) is 33.2. The summed E-state index contributed by atoms with van der Waals surface area (Å²) in [7, 11) is -5.24. The van der Waals surface area contributed by atoms with Crippen LogP contribution in [0.5, 0.6) is 0 Å². The first-order chi connectivity index (χ1) is 26.8. The highest BCUT2D eigenvalue weighted by atomic mass is 32.5. The lowest BCUT2D eigenvalue weighted by molar-refractivity contribution is -0.0604. The Hall–Kier alpha value is -1.97. The van der Waals surface area contributed by atoms with Crippen LogP contribution < -0.4 is 11.5 Å². The largest absolute Gasteiger partial charge is 0.408 e. The number of hydrogen-bond acceptors (Lipinski definition) is 18. The maximum Gasteiger partial charge on any atom is 0.325 e. The molecule has 0 aliphatic carbocycles. The third-order valence-electron chi connectivity index (χ3n) is 11.7. The fourth-order valence-electron chi connectivity index (χ4n) is 6.49. The number of rotatable bonds is 6. The Kier molecular flexibility index (Phi) is 11.7. The van der Waals surface area contributed by atoms with E-state index in [1.54, 1.807) is 9.13 Å². The Balaban J connectivity index is 1.30. The van der Waals surface area contributed by atoms with Crippen LogP contribution in [0.1, 0.15) is 54.0 Å². The predicted octanol–water partition coefficient (Wildman–Crippen LogP) is 4.66. The van der Waals surface area contributed by atoms with Gasteiger partial charge in [0.1, 0.15) is 60.3 Å². The van der Waals surface area contributed by atoms with Gasteiger partial charge in [0.25, 0.3) is 0 Å². The molecule has 0 radical (unpaired) electrons. The lowest BCUT2D eigenvalue weighted by Crippen LogP contribution is -2.50. The van der Waals surface area contributed by atoms with Crippen LogP contribution in [0.25, 0.3) is 22.3 Å². The van der Waals surface area contributed by atoms with Crippen molar-refractivity contribution in [3.63, 3.8) is 0 Å². The minimum atomic E-state index is -4.19. The fourth-order valence-corrected chi connectivity index (χ4v) is 11.9. The summed E-state index contributed by atoms with van der Waals surface area (Å²) in [6, 6.07) is 0. The molecule has 2 bridgehead atoms. The zero-order valence-corrected chi connectivity index (χ0v) is 39.4. The summed E-state index contributed by atoms with van der Waals surface area (Å²) >= 11 is 11.5. The standard InChI is InChI=1S/C32H52N10O10P2S2Si2/c1-31(2,3)57(7,8)51-22-18-12-46-53(43,55)49-21-17(11-45-54(44,56)50-23(22)29(48-18)41-15-39-19-25(33)35-13-37-27(19)41)47-30(24(21)52-58(9,10)32(4,5)6)42-16-40-20-26(34)36-14-38-28(20)42/h13-18,21-24,29-30H,11-12H2,1-10H3,(H,43,55)(H,44,56)(H2,33,35,37)(H2,34,36,38)/t17-,18-,21-,22-,23-,24-,29-,30-,53?,54?/m1/s1.